The van der Waals surface area contributed by atoms with Gasteiger partial charge in [0.15, 0.2) is 0 Å². The summed E-state index contributed by atoms with van der Waals surface area (Å²) in [7, 11) is 1.58. The molecule has 0 aromatic heterocycles. The highest BCUT2D eigenvalue weighted by Gasteiger charge is 2.75. The summed E-state index contributed by atoms with van der Waals surface area (Å²) in [6.45, 7) is 8.93. The number of anilines is 1. The van der Waals surface area contributed by atoms with Crippen LogP contribution in [0.4, 0.5) is 5.69 Å². The van der Waals surface area contributed by atoms with E-state index in [1.165, 1.54) is 0 Å². The molecule has 9 nitrogen and oxygen atoms in total. The summed E-state index contributed by atoms with van der Waals surface area (Å²) >= 11 is 0. The first-order chi connectivity index (χ1) is 19.1. The Labute approximate surface area is 236 Å². The maximum Gasteiger partial charge on any atom is 0.253 e. The SMILES string of the molecule is CCCN1CC=C[C@]2(C)O[C@]34C=CCN(c5ccc(OC)cc5)C(=O)C3N([C@@H](CO)CC(C)C)C(=O)[C@@H]4[C@@H]2C1=O. The average molecular weight is 552 g/mol. The molecule has 9 heteroatoms. The van der Waals surface area contributed by atoms with Crippen molar-refractivity contribution in [2.75, 3.05) is 38.3 Å². The highest BCUT2D eigenvalue weighted by Crippen LogP contribution is 2.58. The van der Waals surface area contributed by atoms with Gasteiger partial charge in [-0.2, -0.15) is 0 Å². The Bertz CT molecular complexity index is 1210. The molecule has 1 aromatic carbocycles. The van der Waals surface area contributed by atoms with E-state index in [0.29, 0.717) is 30.9 Å². The molecule has 0 bridgehead atoms. The van der Waals surface area contributed by atoms with Crippen LogP contribution >= 0.6 is 0 Å². The van der Waals surface area contributed by atoms with Crippen molar-refractivity contribution in [2.45, 2.75) is 63.8 Å². The van der Waals surface area contributed by atoms with Crippen LogP contribution in [-0.2, 0) is 19.1 Å². The van der Waals surface area contributed by atoms with E-state index in [1.807, 2.05) is 64.1 Å². The van der Waals surface area contributed by atoms with Gasteiger partial charge in [-0.05, 0) is 49.9 Å². The summed E-state index contributed by atoms with van der Waals surface area (Å²) in [5, 5.41) is 10.5. The van der Waals surface area contributed by atoms with Crippen molar-refractivity contribution in [3.05, 3.63) is 48.6 Å². The van der Waals surface area contributed by atoms with Crippen LogP contribution in [0.3, 0.4) is 0 Å². The van der Waals surface area contributed by atoms with Crippen molar-refractivity contribution in [1.82, 2.24) is 9.80 Å². The van der Waals surface area contributed by atoms with Gasteiger partial charge in [0, 0.05) is 25.3 Å². The van der Waals surface area contributed by atoms with E-state index in [9.17, 15) is 19.5 Å². The lowest BCUT2D eigenvalue weighted by molar-refractivity contribution is -0.151. The smallest absolute Gasteiger partial charge is 0.253 e. The summed E-state index contributed by atoms with van der Waals surface area (Å²) in [5.74, 6) is -1.59. The number of carbonyl (C=O) groups excluding carboxylic acids is 3. The predicted molar refractivity (Wildman–Crippen MR) is 151 cm³/mol. The number of aliphatic hydroxyl groups is 1. The molecule has 2 fully saturated rings. The molecule has 0 saturated carbocycles. The number of hydrogen-bond acceptors (Lipinski definition) is 6. The lowest BCUT2D eigenvalue weighted by Crippen LogP contribution is -2.59. The molecule has 5 rings (SSSR count). The molecule has 1 N–H and O–H groups in total. The molecule has 4 aliphatic rings. The lowest BCUT2D eigenvalue weighted by atomic mass is 9.74. The van der Waals surface area contributed by atoms with Crippen LogP contribution in [0.1, 0.15) is 40.5 Å². The molecule has 1 unspecified atom stereocenters. The van der Waals surface area contributed by atoms with E-state index in [0.717, 1.165) is 6.42 Å². The number of ether oxygens (including phenoxy) is 2. The number of rotatable bonds is 8. The number of amides is 3. The lowest BCUT2D eigenvalue weighted by Gasteiger charge is -2.40. The summed E-state index contributed by atoms with van der Waals surface area (Å²) in [5.41, 5.74) is -1.75. The molecular weight excluding hydrogens is 510 g/mol. The van der Waals surface area contributed by atoms with E-state index in [4.69, 9.17) is 9.47 Å². The zero-order valence-electron chi connectivity index (χ0n) is 24.1. The predicted octanol–water partition coefficient (Wildman–Crippen LogP) is 2.78. The quantitative estimate of drug-likeness (QED) is 0.499. The number of hydrogen-bond donors (Lipinski definition) is 1. The Morgan fingerprint density at radius 2 is 1.73 bits per heavy atom. The van der Waals surface area contributed by atoms with Crippen molar-refractivity contribution in [3.8, 4) is 5.75 Å². The van der Waals surface area contributed by atoms with Crippen molar-refractivity contribution in [3.63, 3.8) is 0 Å². The monoisotopic (exact) mass is 551 g/mol. The number of benzene rings is 1. The highest BCUT2D eigenvalue weighted by molar-refractivity contribution is 6.06. The fourth-order valence-electron chi connectivity index (χ4n) is 7.19. The largest absolute Gasteiger partial charge is 0.497 e. The van der Waals surface area contributed by atoms with E-state index >= 15 is 0 Å². The number of aliphatic hydroxyl groups excluding tert-OH is 1. The Hall–Kier alpha value is -3.17. The Morgan fingerprint density at radius 3 is 2.35 bits per heavy atom. The fourth-order valence-corrected chi connectivity index (χ4v) is 7.19. The topological polar surface area (TPSA) is 99.6 Å². The standard InChI is InChI=1S/C31H41N3O6/c1-6-15-32-16-7-13-30(4)24(27(32)36)25-28(37)34(22(19-35)18-20(2)3)26-29(38)33(17-8-14-31(25,26)40-30)21-9-11-23(39-5)12-10-21/h7-14,20,22,24-26,35H,6,15-19H2,1-5H3/t22-,24-,25+,26?,30+,31+/m1/s1. The minimum absolute atomic E-state index is 0.133. The van der Waals surface area contributed by atoms with E-state index in [1.54, 1.807) is 33.9 Å². The first-order valence-corrected chi connectivity index (χ1v) is 14.3. The number of methoxy groups -OCH3 is 1. The molecule has 3 amide bonds. The minimum atomic E-state index is -1.35. The average Bonchev–Trinajstić information content (AvgIpc) is 3.21. The van der Waals surface area contributed by atoms with Gasteiger partial charge >= 0.3 is 0 Å². The number of nitrogens with zero attached hydrogens (tertiary/aromatic N) is 3. The van der Waals surface area contributed by atoms with Crippen molar-refractivity contribution < 1.29 is 29.0 Å². The molecule has 6 atom stereocenters. The molecule has 216 valence electrons. The van der Waals surface area contributed by atoms with E-state index in [-0.39, 0.29) is 36.8 Å². The first-order valence-electron chi connectivity index (χ1n) is 14.3. The third-order valence-electron chi connectivity index (χ3n) is 8.80. The van der Waals surface area contributed by atoms with Gasteiger partial charge in [-0.1, -0.05) is 45.1 Å². The van der Waals surface area contributed by atoms with Crippen molar-refractivity contribution >= 4 is 23.4 Å². The van der Waals surface area contributed by atoms with Gasteiger partial charge in [-0.3, -0.25) is 14.4 Å². The fraction of sp³-hybridized carbons (Fsp3) is 0.581. The molecule has 40 heavy (non-hydrogen) atoms. The van der Waals surface area contributed by atoms with Gasteiger partial charge < -0.3 is 29.3 Å². The second-order valence-electron chi connectivity index (χ2n) is 11.9. The van der Waals surface area contributed by atoms with Crippen LogP contribution in [0.15, 0.2) is 48.6 Å². The maximum atomic E-state index is 14.6. The third-order valence-corrected chi connectivity index (χ3v) is 8.80. The molecule has 0 aliphatic carbocycles. The zero-order valence-corrected chi connectivity index (χ0v) is 24.1. The van der Waals surface area contributed by atoms with Crippen LogP contribution in [0.25, 0.3) is 0 Å². The van der Waals surface area contributed by atoms with Crippen LogP contribution in [-0.4, -0.2) is 89.3 Å². The Kier molecular flexibility index (Phi) is 7.56. The molecule has 4 heterocycles. The second kappa shape index (κ2) is 10.7. The normalized spacial score (nSPS) is 32.2. The van der Waals surface area contributed by atoms with Crippen LogP contribution in [0, 0.1) is 17.8 Å². The molecule has 0 radical (unpaired) electrons. The van der Waals surface area contributed by atoms with E-state index in [2.05, 4.69) is 0 Å². The van der Waals surface area contributed by atoms with Crippen molar-refractivity contribution in [1.29, 1.82) is 0 Å². The molecular formula is C31H41N3O6. The number of carbonyl (C=O) groups is 3. The Balaban J connectivity index is 1.65. The molecule has 1 spiro atoms. The summed E-state index contributed by atoms with van der Waals surface area (Å²) in [4.78, 5) is 48.2. The van der Waals surface area contributed by atoms with Gasteiger partial charge in [0.25, 0.3) is 5.91 Å². The second-order valence-corrected chi connectivity index (χ2v) is 11.9. The summed E-state index contributed by atoms with van der Waals surface area (Å²) in [6.07, 6.45) is 8.85. The number of likely N-dealkylation sites (tertiary alicyclic amines) is 1. The van der Waals surface area contributed by atoms with Crippen LogP contribution < -0.4 is 9.64 Å². The first kappa shape index (κ1) is 28.4. The van der Waals surface area contributed by atoms with E-state index < -0.39 is 35.1 Å². The number of fused-ring (bicyclic) bond motifs is 2. The zero-order chi connectivity index (χ0) is 28.8. The van der Waals surface area contributed by atoms with Gasteiger partial charge in [0.2, 0.25) is 11.8 Å². The molecule has 2 saturated heterocycles. The van der Waals surface area contributed by atoms with Gasteiger partial charge in [0.05, 0.1) is 37.2 Å². The van der Waals surface area contributed by atoms with Crippen molar-refractivity contribution in [2.24, 2.45) is 17.8 Å². The summed E-state index contributed by atoms with van der Waals surface area (Å²) < 4.78 is 12.2. The maximum absolute atomic E-state index is 14.6. The third kappa shape index (κ3) is 4.34. The molecule has 4 aliphatic heterocycles. The van der Waals surface area contributed by atoms with Gasteiger partial charge in [-0.25, -0.2) is 0 Å². The van der Waals surface area contributed by atoms with Crippen LogP contribution in [0.5, 0.6) is 5.75 Å². The summed E-state index contributed by atoms with van der Waals surface area (Å²) in [6, 6.07) is 5.58. The minimum Gasteiger partial charge on any atom is -0.497 e. The molecule has 1 aromatic rings. The van der Waals surface area contributed by atoms with Gasteiger partial charge in [0.1, 0.15) is 17.4 Å². The van der Waals surface area contributed by atoms with Crippen LogP contribution in [0.2, 0.25) is 0 Å². The van der Waals surface area contributed by atoms with Gasteiger partial charge in [-0.15, -0.1) is 0 Å². The Morgan fingerprint density at radius 1 is 1.02 bits per heavy atom. The highest BCUT2D eigenvalue weighted by atomic mass is 16.5.